The van der Waals surface area contributed by atoms with Gasteiger partial charge < -0.3 is 14.5 Å². The Kier molecular flexibility index (Phi) is 3.80. The number of H-pyrrole nitrogens is 1. The van der Waals surface area contributed by atoms with Crippen molar-refractivity contribution < 1.29 is 0 Å². The minimum atomic E-state index is 0.264. The predicted molar refractivity (Wildman–Crippen MR) is 86.4 cm³/mol. The third-order valence-corrected chi connectivity index (χ3v) is 4.21. The number of rotatable bonds is 5. The molecule has 4 heteroatoms. The van der Waals surface area contributed by atoms with E-state index in [1.807, 2.05) is 18.7 Å². The Morgan fingerprint density at radius 3 is 2.81 bits per heavy atom. The summed E-state index contributed by atoms with van der Waals surface area (Å²) in [5, 5.41) is 1.25. The number of hydrogen-bond donors (Lipinski definition) is 1. The highest BCUT2D eigenvalue weighted by atomic mass is 15.2. The van der Waals surface area contributed by atoms with Crippen LogP contribution in [0.5, 0.6) is 0 Å². The van der Waals surface area contributed by atoms with Crippen LogP contribution in [0.25, 0.3) is 10.9 Å². The van der Waals surface area contributed by atoms with Gasteiger partial charge in [0.2, 0.25) is 0 Å². The summed E-state index contributed by atoms with van der Waals surface area (Å²) in [6.45, 7) is 2.24. The van der Waals surface area contributed by atoms with Crippen LogP contribution in [0.1, 0.15) is 24.9 Å². The predicted octanol–water partition coefficient (Wildman–Crippen LogP) is 3.29. The first-order chi connectivity index (χ1) is 10.2. The lowest BCUT2D eigenvalue weighted by molar-refractivity contribution is 0.227. The number of nitrogens with one attached hydrogen (secondary N) is 1. The van der Waals surface area contributed by atoms with Gasteiger partial charge in [0, 0.05) is 30.1 Å². The van der Waals surface area contributed by atoms with Crippen molar-refractivity contribution in [3.05, 3.63) is 54.7 Å². The van der Waals surface area contributed by atoms with E-state index in [1.54, 1.807) is 0 Å². The molecule has 2 unspecified atom stereocenters. The van der Waals surface area contributed by atoms with Crippen LogP contribution in [0, 0.1) is 0 Å². The molecule has 2 atom stereocenters. The molecule has 0 aliphatic heterocycles. The number of imidazole rings is 1. The van der Waals surface area contributed by atoms with Crippen LogP contribution >= 0.6 is 0 Å². The third-order valence-electron chi connectivity index (χ3n) is 4.21. The summed E-state index contributed by atoms with van der Waals surface area (Å²) >= 11 is 0. The lowest BCUT2D eigenvalue weighted by Crippen LogP contribution is -2.36. The van der Waals surface area contributed by atoms with Crippen molar-refractivity contribution >= 4 is 10.9 Å². The average molecular weight is 282 g/mol. The van der Waals surface area contributed by atoms with Gasteiger partial charge >= 0.3 is 0 Å². The highest BCUT2D eigenvalue weighted by Gasteiger charge is 2.25. The second-order valence-electron chi connectivity index (χ2n) is 5.72. The fourth-order valence-electron chi connectivity index (χ4n) is 3.15. The van der Waals surface area contributed by atoms with Crippen LogP contribution in [0.15, 0.2) is 49.2 Å². The molecule has 3 rings (SSSR count). The van der Waals surface area contributed by atoms with Crippen molar-refractivity contribution in [2.45, 2.75) is 25.4 Å². The Balaban J connectivity index is 2.09. The van der Waals surface area contributed by atoms with Gasteiger partial charge in [-0.1, -0.05) is 19.1 Å². The fraction of sp³-hybridized carbons (Fsp3) is 0.353. The van der Waals surface area contributed by atoms with E-state index >= 15 is 0 Å². The molecule has 1 N–H and O–H groups in total. The minimum absolute atomic E-state index is 0.264. The van der Waals surface area contributed by atoms with Crippen LogP contribution in [0.2, 0.25) is 0 Å². The molecule has 2 aromatic heterocycles. The number of hydrogen-bond acceptors (Lipinski definition) is 2. The third kappa shape index (κ3) is 2.59. The first-order valence-corrected chi connectivity index (χ1v) is 7.41. The summed E-state index contributed by atoms with van der Waals surface area (Å²) in [7, 11) is 4.29. The van der Waals surface area contributed by atoms with E-state index in [9.17, 15) is 0 Å². The first-order valence-electron chi connectivity index (χ1n) is 7.41. The second-order valence-corrected chi connectivity index (χ2v) is 5.72. The maximum atomic E-state index is 4.23. The second kappa shape index (κ2) is 5.74. The molecule has 0 aliphatic rings. The summed E-state index contributed by atoms with van der Waals surface area (Å²) in [5.41, 5.74) is 2.50. The van der Waals surface area contributed by atoms with Gasteiger partial charge in [-0.05, 0) is 43.6 Å². The highest BCUT2D eigenvalue weighted by Crippen LogP contribution is 2.28. The maximum Gasteiger partial charge on any atom is 0.0952 e. The number of likely N-dealkylation sites (N-methyl/N-ethyl adjacent to an activating group) is 1. The van der Waals surface area contributed by atoms with Gasteiger partial charge in [-0.15, -0.1) is 0 Å². The highest BCUT2D eigenvalue weighted by molar-refractivity contribution is 5.80. The van der Waals surface area contributed by atoms with Crippen LogP contribution < -0.4 is 0 Å². The molecule has 1 aromatic carbocycles. The van der Waals surface area contributed by atoms with Gasteiger partial charge in [-0.3, -0.25) is 0 Å². The van der Waals surface area contributed by atoms with E-state index in [-0.39, 0.29) is 6.04 Å². The van der Waals surface area contributed by atoms with Crippen molar-refractivity contribution in [3.8, 4) is 0 Å². The van der Waals surface area contributed by atoms with Crippen molar-refractivity contribution in [2.75, 3.05) is 14.1 Å². The molecule has 110 valence electrons. The van der Waals surface area contributed by atoms with Gasteiger partial charge in [0.1, 0.15) is 0 Å². The fourth-order valence-corrected chi connectivity index (χ4v) is 3.15. The van der Waals surface area contributed by atoms with Gasteiger partial charge in [-0.25, -0.2) is 4.98 Å². The Labute approximate surface area is 125 Å². The van der Waals surface area contributed by atoms with E-state index in [1.165, 1.54) is 16.5 Å². The summed E-state index contributed by atoms with van der Waals surface area (Å²) < 4.78 is 2.21. The molecule has 0 bridgehead atoms. The van der Waals surface area contributed by atoms with Crippen molar-refractivity contribution in [2.24, 2.45) is 0 Å². The molecule has 0 saturated carbocycles. The first kappa shape index (κ1) is 13.9. The van der Waals surface area contributed by atoms with Gasteiger partial charge in [0.15, 0.2) is 0 Å². The van der Waals surface area contributed by atoms with E-state index in [2.05, 4.69) is 70.9 Å². The molecule has 0 radical (unpaired) electrons. The number of fused-ring (bicyclic) bond motifs is 1. The normalized spacial score (nSPS) is 14.7. The Morgan fingerprint density at radius 1 is 1.29 bits per heavy atom. The molecule has 0 amide bonds. The van der Waals surface area contributed by atoms with E-state index < -0.39 is 0 Å². The van der Waals surface area contributed by atoms with Crippen LogP contribution in [0.4, 0.5) is 0 Å². The largest absolute Gasteiger partial charge is 0.361 e. The molecule has 0 spiro atoms. The summed E-state index contributed by atoms with van der Waals surface area (Å²) in [5.74, 6) is 0. The Hall–Kier alpha value is -2.07. The zero-order chi connectivity index (χ0) is 14.8. The molecule has 4 nitrogen and oxygen atoms in total. The molecular weight excluding hydrogens is 260 g/mol. The monoisotopic (exact) mass is 282 g/mol. The smallest absolute Gasteiger partial charge is 0.0952 e. The van der Waals surface area contributed by atoms with Gasteiger partial charge in [0.25, 0.3) is 0 Å². The number of nitrogens with zero attached hydrogens (tertiary/aromatic N) is 3. The average Bonchev–Trinajstić information content (AvgIpc) is 3.14. The van der Waals surface area contributed by atoms with Crippen LogP contribution in [-0.2, 0) is 0 Å². The van der Waals surface area contributed by atoms with Crippen molar-refractivity contribution in [3.63, 3.8) is 0 Å². The Morgan fingerprint density at radius 2 is 2.14 bits per heavy atom. The van der Waals surface area contributed by atoms with Gasteiger partial charge in [-0.2, -0.15) is 0 Å². The standard InChI is InChI=1S/C17H22N4/c1-4-16(20(2)3)17(21-10-9-18-12-21)14-6-5-13-7-8-19-15(13)11-14/h5-12,16-17,19H,4H2,1-3H3. The summed E-state index contributed by atoms with van der Waals surface area (Å²) in [4.78, 5) is 9.84. The lowest BCUT2D eigenvalue weighted by atomic mass is 9.95. The topological polar surface area (TPSA) is 36.9 Å². The van der Waals surface area contributed by atoms with Crippen molar-refractivity contribution in [1.29, 1.82) is 0 Å². The molecule has 0 fully saturated rings. The molecule has 3 aromatic rings. The zero-order valence-electron chi connectivity index (χ0n) is 12.8. The quantitative estimate of drug-likeness (QED) is 0.779. The number of aromatic nitrogens is 3. The summed E-state index contributed by atoms with van der Waals surface area (Å²) in [6, 6.07) is 9.47. The minimum Gasteiger partial charge on any atom is -0.361 e. The lowest BCUT2D eigenvalue weighted by Gasteiger charge is -2.33. The van der Waals surface area contributed by atoms with E-state index in [0.717, 1.165) is 6.42 Å². The number of aromatic amines is 1. The van der Waals surface area contributed by atoms with Crippen molar-refractivity contribution in [1.82, 2.24) is 19.4 Å². The molecule has 2 heterocycles. The molecule has 21 heavy (non-hydrogen) atoms. The van der Waals surface area contributed by atoms with Gasteiger partial charge in [0.05, 0.1) is 12.4 Å². The maximum absolute atomic E-state index is 4.23. The zero-order valence-corrected chi connectivity index (χ0v) is 12.8. The Bertz CT molecular complexity index is 696. The molecular formula is C17H22N4. The number of benzene rings is 1. The summed E-state index contributed by atoms with van der Waals surface area (Å²) in [6.07, 6.45) is 8.89. The van der Waals surface area contributed by atoms with E-state index in [4.69, 9.17) is 0 Å². The SMILES string of the molecule is CCC(C(c1ccc2cc[nH]c2c1)n1ccnc1)N(C)C. The van der Waals surface area contributed by atoms with Crippen LogP contribution in [0.3, 0.4) is 0 Å². The molecule has 0 aliphatic carbocycles. The van der Waals surface area contributed by atoms with Crippen LogP contribution in [-0.4, -0.2) is 39.6 Å². The molecule has 0 saturated heterocycles. The van der Waals surface area contributed by atoms with E-state index in [0.29, 0.717) is 6.04 Å².